The Balaban J connectivity index is 2.65. The first kappa shape index (κ1) is 9.00. The smallest absolute Gasteiger partial charge is 0.224 e. The Morgan fingerprint density at radius 1 is 1.42 bits per heavy atom. The van der Waals surface area contributed by atoms with E-state index in [4.69, 9.17) is 11.6 Å². The van der Waals surface area contributed by atoms with E-state index >= 15 is 0 Å². The molecule has 0 unspecified atom stereocenters. The van der Waals surface area contributed by atoms with Crippen molar-refractivity contribution in [3.63, 3.8) is 0 Å². The molecule has 1 rings (SSSR count). The highest BCUT2D eigenvalue weighted by atomic mass is 35.5. The molecule has 4 heteroatoms. The molecule has 1 aromatic rings. The van der Waals surface area contributed by atoms with Crippen LogP contribution in [0.1, 0.15) is 10.9 Å². The zero-order valence-corrected chi connectivity index (χ0v) is 7.07. The fourth-order valence-electron chi connectivity index (χ4n) is 0.898. The monoisotopic (exact) mass is 185 g/mol. The Labute approximate surface area is 75.1 Å². The Kier molecular flexibility index (Phi) is 3.05. The number of nitrogens with zero attached hydrogens (tertiary/aromatic N) is 1. The molecule has 0 heterocycles. The van der Waals surface area contributed by atoms with E-state index < -0.39 is 10.3 Å². The van der Waals surface area contributed by atoms with Gasteiger partial charge in [-0.25, -0.2) is 0 Å². The van der Waals surface area contributed by atoms with Crippen LogP contribution >= 0.6 is 11.6 Å². The Morgan fingerprint density at radius 2 is 2.00 bits per heavy atom. The highest BCUT2D eigenvalue weighted by molar-refractivity contribution is 6.20. The van der Waals surface area contributed by atoms with Gasteiger partial charge in [-0.1, -0.05) is 30.3 Å². The summed E-state index contributed by atoms with van der Waals surface area (Å²) in [7, 11) is 0. The molecule has 0 spiro atoms. The molecule has 1 aromatic carbocycles. The van der Waals surface area contributed by atoms with Gasteiger partial charge >= 0.3 is 0 Å². The van der Waals surface area contributed by atoms with E-state index in [1.807, 2.05) is 18.2 Å². The van der Waals surface area contributed by atoms with Crippen LogP contribution in [0.5, 0.6) is 0 Å². The zero-order valence-electron chi connectivity index (χ0n) is 6.31. The third-order valence-corrected chi connectivity index (χ3v) is 1.86. The first-order valence-corrected chi connectivity index (χ1v) is 3.94. The molecule has 0 aromatic heterocycles. The second-order valence-corrected chi connectivity index (χ2v) is 2.92. The summed E-state index contributed by atoms with van der Waals surface area (Å²) < 4.78 is 0. The molecular weight excluding hydrogens is 178 g/mol. The molecule has 0 saturated carbocycles. The van der Waals surface area contributed by atoms with Gasteiger partial charge in [0.05, 0.1) is 0 Å². The Morgan fingerprint density at radius 3 is 2.50 bits per heavy atom. The summed E-state index contributed by atoms with van der Waals surface area (Å²) in [5.74, 6) is 0. The van der Waals surface area contributed by atoms with Crippen molar-refractivity contribution in [1.29, 1.82) is 0 Å². The Bertz CT molecular complexity index is 263. The summed E-state index contributed by atoms with van der Waals surface area (Å²) in [5.41, 5.74) is 0.788. The molecule has 0 aliphatic heterocycles. The molecule has 64 valence electrons. The van der Waals surface area contributed by atoms with Crippen LogP contribution in [0.4, 0.5) is 0 Å². The molecule has 3 nitrogen and oxygen atoms in total. The van der Waals surface area contributed by atoms with Crippen LogP contribution in [0.25, 0.3) is 0 Å². The fraction of sp³-hybridized carbons (Fsp3) is 0.250. The van der Waals surface area contributed by atoms with Crippen molar-refractivity contribution in [1.82, 2.24) is 0 Å². The van der Waals surface area contributed by atoms with Crippen LogP contribution in [-0.4, -0.2) is 11.5 Å². The quantitative estimate of drug-likeness (QED) is 0.412. The molecular formula is C8H8ClNO2. The molecule has 0 saturated heterocycles. The largest absolute Gasteiger partial charge is 0.264 e. The summed E-state index contributed by atoms with van der Waals surface area (Å²) in [4.78, 5) is 9.69. The number of benzene rings is 1. The highest BCUT2D eigenvalue weighted by Gasteiger charge is 2.12. The first-order chi connectivity index (χ1) is 5.70. The van der Waals surface area contributed by atoms with Gasteiger partial charge in [0.25, 0.3) is 0 Å². The van der Waals surface area contributed by atoms with Gasteiger partial charge in [0.1, 0.15) is 5.38 Å². The normalized spacial score (nSPS) is 12.4. The van der Waals surface area contributed by atoms with Gasteiger partial charge in [0.2, 0.25) is 6.54 Å². The van der Waals surface area contributed by atoms with Crippen molar-refractivity contribution in [2.75, 3.05) is 6.54 Å². The minimum Gasteiger partial charge on any atom is -0.264 e. The van der Waals surface area contributed by atoms with E-state index in [1.165, 1.54) is 0 Å². The average Bonchev–Trinajstić information content (AvgIpc) is 2.05. The zero-order chi connectivity index (χ0) is 8.97. The van der Waals surface area contributed by atoms with E-state index in [-0.39, 0.29) is 6.54 Å². The molecule has 0 N–H and O–H groups in total. The number of hydrogen-bond acceptors (Lipinski definition) is 2. The highest BCUT2D eigenvalue weighted by Crippen LogP contribution is 2.19. The lowest BCUT2D eigenvalue weighted by Crippen LogP contribution is -2.07. The summed E-state index contributed by atoms with van der Waals surface area (Å²) in [5, 5.41) is 9.58. The van der Waals surface area contributed by atoms with Crippen LogP contribution < -0.4 is 0 Å². The van der Waals surface area contributed by atoms with Crippen molar-refractivity contribution in [3.8, 4) is 0 Å². The molecule has 0 bridgehead atoms. The second-order valence-electron chi connectivity index (χ2n) is 2.39. The lowest BCUT2D eigenvalue weighted by atomic mass is 10.1. The number of alkyl halides is 1. The number of halogens is 1. The maximum atomic E-state index is 10.1. The maximum Gasteiger partial charge on any atom is 0.224 e. The van der Waals surface area contributed by atoms with E-state index in [1.54, 1.807) is 12.1 Å². The van der Waals surface area contributed by atoms with Crippen molar-refractivity contribution in [2.24, 2.45) is 0 Å². The summed E-state index contributed by atoms with van der Waals surface area (Å²) in [6.45, 7) is -0.231. The van der Waals surface area contributed by atoms with Crippen LogP contribution in [0.2, 0.25) is 0 Å². The molecule has 0 aliphatic carbocycles. The van der Waals surface area contributed by atoms with E-state index in [0.29, 0.717) is 0 Å². The lowest BCUT2D eigenvalue weighted by Gasteiger charge is -2.03. The summed E-state index contributed by atoms with van der Waals surface area (Å²) >= 11 is 5.76. The number of hydrogen-bond donors (Lipinski definition) is 0. The van der Waals surface area contributed by atoms with Crippen molar-refractivity contribution >= 4 is 11.6 Å². The number of rotatable bonds is 3. The topological polar surface area (TPSA) is 43.1 Å². The second kappa shape index (κ2) is 4.07. The van der Waals surface area contributed by atoms with Crippen molar-refractivity contribution in [2.45, 2.75) is 5.38 Å². The average molecular weight is 186 g/mol. The third kappa shape index (κ3) is 2.51. The molecule has 0 amide bonds. The van der Waals surface area contributed by atoms with Crippen LogP contribution in [0.15, 0.2) is 30.3 Å². The van der Waals surface area contributed by atoms with Gasteiger partial charge in [-0.3, -0.25) is 10.1 Å². The standard InChI is InChI=1S/C8H8ClNO2/c9-8(6-10(11)12)7-4-2-1-3-5-7/h1-5,8H,6H2/t8-/m0/s1. The lowest BCUT2D eigenvalue weighted by molar-refractivity contribution is -0.480. The van der Waals surface area contributed by atoms with Crippen molar-refractivity contribution in [3.05, 3.63) is 46.0 Å². The van der Waals surface area contributed by atoms with Crippen LogP contribution in [0.3, 0.4) is 0 Å². The van der Waals surface area contributed by atoms with Crippen molar-refractivity contribution < 1.29 is 4.92 Å². The summed E-state index contributed by atoms with van der Waals surface area (Å²) in [6, 6.07) is 9.02. The third-order valence-electron chi connectivity index (χ3n) is 1.47. The molecule has 0 aliphatic rings. The molecule has 0 radical (unpaired) electrons. The van der Waals surface area contributed by atoms with Gasteiger partial charge in [-0.15, -0.1) is 11.6 Å². The first-order valence-electron chi connectivity index (χ1n) is 3.51. The molecule has 1 atom stereocenters. The Hall–Kier alpha value is -1.09. The number of nitro groups is 1. The van der Waals surface area contributed by atoms with Gasteiger partial charge < -0.3 is 0 Å². The van der Waals surface area contributed by atoms with E-state index in [0.717, 1.165) is 5.56 Å². The van der Waals surface area contributed by atoms with E-state index in [2.05, 4.69) is 0 Å². The SMILES string of the molecule is O=[N+]([O-])C[C@H](Cl)c1ccccc1. The molecule has 0 fully saturated rings. The van der Waals surface area contributed by atoms with E-state index in [9.17, 15) is 10.1 Å². The molecule has 12 heavy (non-hydrogen) atoms. The predicted octanol–water partition coefficient (Wildman–Crippen LogP) is 2.24. The minimum atomic E-state index is -0.527. The summed E-state index contributed by atoms with van der Waals surface area (Å²) in [6.07, 6.45) is 0. The van der Waals surface area contributed by atoms with Gasteiger partial charge in [0, 0.05) is 4.92 Å². The van der Waals surface area contributed by atoms with Gasteiger partial charge in [-0.05, 0) is 5.56 Å². The maximum absolute atomic E-state index is 10.1. The fourth-order valence-corrected chi connectivity index (χ4v) is 1.16. The van der Waals surface area contributed by atoms with Gasteiger partial charge in [0.15, 0.2) is 0 Å². The van der Waals surface area contributed by atoms with Gasteiger partial charge in [-0.2, -0.15) is 0 Å². The predicted molar refractivity (Wildman–Crippen MR) is 46.9 cm³/mol. The van der Waals surface area contributed by atoms with Crippen LogP contribution in [0, 0.1) is 10.1 Å². The minimum absolute atomic E-state index is 0.231. The van der Waals surface area contributed by atoms with Crippen LogP contribution in [-0.2, 0) is 0 Å².